The van der Waals surface area contributed by atoms with Crippen molar-refractivity contribution in [3.8, 4) is 11.1 Å². The van der Waals surface area contributed by atoms with Crippen LogP contribution in [0.2, 0.25) is 0 Å². The number of aliphatic hydroxyl groups is 1. The van der Waals surface area contributed by atoms with E-state index in [1.807, 2.05) is 24.5 Å². The molecule has 1 aromatic heterocycles. The summed E-state index contributed by atoms with van der Waals surface area (Å²) < 4.78 is 19.7. The molecule has 3 aromatic rings. The first-order chi connectivity index (χ1) is 13.0. The fraction of sp³-hybridized carbons (Fsp3) is 0.286. The van der Waals surface area contributed by atoms with Crippen LogP contribution in [0.3, 0.4) is 0 Å². The van der Waals surface area contributed by atoms with Crippen LogP contribution in [0.5, 0.6) is 0 Å². The molecule has 142 valence electrons. The predicted molar refractivity (Wildman–Crippen MR) is 108 cm³/mol. The van der Waals surface area contributed by atoms with Crippen molar-refractivity contribution in [3.63, 3.8) is 0 Å². The highest BCUT2D eigenvalue weighted by Crippen LogP contribution is 2.36. The minimum Gasteiger partial charge on any atom is -0.461 e. The fourth-order valence-corrected chi connectivity index (χ4v) is 3.77. The molecular formula is C21H22FNO3S. The van der Waals surface area contributed by atoms with Gasteiger partial charge >= 0.3 is 5.97 Å². The van der Waals surface area contributed by atoms with Crippen molar-refractivity contribution in [1.29, 1.82) is 0 Å². The zero-order valence-electron chi connectivity index (χ0n) is 15.5. The number of carbonyl (C=O) groups excluding carboxylic acids is 1. The van der Waals surface area contributed by atoms with E-state index in [0.29, 0.717) is 33.5 Å². The molecule has 0 aliphatic carbocycles. The second-order valence-corrected chi connectivity index (χ2v) is 7.15. The van der Waals surface area contributed by atoms with Crippen LogP contribution < -0.4 is 0 Å². The molecule has 3 rings (SSSR count). The van der Waals surface area contributed by atoms with E-state index in [4.69, 9.17) is 4.74 Å². The minimum absolute atomic E-state index is 0.234. The number of benzene rings is 2. The molecule has 1 unspecified atom stereocenters. The Hall–Kier alpha value is -2.31. The van der Waals surface area contributed by atoms with Gasteiger partial charge in [0.25, 0.3) is 0 Å². The number of thioether (sulfide) groups is 1. The smallest absolute Gasteiger partial charge is 0.355 e. The summed E-state index contributed by atoms with van der Waals surface area (Å²) in [5.74, 6) is -0.233. The number of para-hydroxylation sites is 1. The summed E-state index contributed by atoms with van der Waals surface area (Å²) in [4.78, 5) is 15.6. The van der Waals surface area contributed by atoms with Crippen molar-refractivity contribution in [2.24, 2.45) is 0 Å². The number of esters is 1. The Morgan fingerprint density at radius 3 is 2.74 bits per heavy atom. The average molecular weight is 387 g/mol. The predicted octanol–water partition coefficient (Wildman–Crippen LogP) is 5.07. The summed E-state index contributed by atoms with van der Waals surface area (Å²) in [6.07, 6.45) is 1.21. The second kappa shape index (κ2) is 8.15. The third-order valence-electron chi connectivity index (χ3n) is 4.44. The van der Waals surface area contributed by atoms with Crippen LogP contribution in [0.1, 0.15) is 41.6 Å². The van der Waals surface area contributed by atoms with Gasteiger partial charge in [0.15, 0.2) is 0 Å². The maximum Gasteiger partial charge on any atom is 0.355 e. The van der Waals surface area contributed by atoms with E-state index in [1.54, 1.807) is 37.7 Å². The van der Waals surface area contributed by atoms with Gasteiger partial charge in [0, 0.05) is 22.3 Å². The van der Waals surface area contributed by atoms with Crippen molar-refractivity contribution in [3.05, 3.63) is 59.0 Å². The first-order valence-electron chi connectivity index (χ1n) is 8.75. The number of aliphatic hydroxyl groups excluding tert-OH is 1. The van der Waals surface area contributed by atoms with Crippen molar-refractivity contribution >= 4 is 28.6 Å². The lowest BCUT2D eigenvalue weighted by molar-refractivity contribution is 0.0521. The molecule has 2 aromatic carbocycles. The van der Waals surface area contributed by atoms with Crippen LogP contribution in [-0.2, 0) is 10.5 Å². The lowest BCUT2D eigenvalue weighted by Crippen LogP contribution is -2.06. The normalized spacial score (nSPS) is 12.3. The van der Waals surface area contributed by atoms with Crippen molar-refractivity contribution in [2.45, 2.75) is 25.7 Å². The molecule has 4 nitrogen and oxygen atoms in total. The first kappa shape index (κ1) is 19.5. The Balaban J connectivity index is 2.26. The standard InChI is InChI=1S/C21H22FNO3S/c1-4-26-21(25)20-18(13-8-9-14(11-27-3)17(22)10-13)16-7-5-6-15(12(2)24)19(16)23-20/h5-10,12,23-24H,4,11H2,1-3H3. The summed E-state index contributed by atoms with van der Waals surface area (Å²) >= 11 is 1.55. The number of aromatic nitrogens is 1. The Bertz CT molecular complexity index is 981. The Morgan fingerprint density at radius 2 is 2.11 bits per heavy atom. The van der Waals surface area contributed by atoms with Crippen molar-refractivity contribution in [2.75, 3.05) is 12.9 Å². The summed E-state index contributed by atoms with van der Waals surface area (Å²) in [6.45, 7) is 3.63. The van der Waals surface area contributed by atoms with E-state index in [1.165, 1.54) is 6.07 Å². The number of hydrogen-bond donors (Lipinski definition) is 2. The van der Waals surface area contributed by atoms with Gasteiger partial charge in [0.1, 0.15) is 11.5 Å². The van der Waals surface area contributed by atoms with E-state index in [0.717, 1.165) is 5.39 Å². The summed E-state index contributed by atoms with van der Waals surface area (Å²) in [5, 5.41) is 10.8. The van der Waals surface area contributed by atoms with E-state index in [9.17, 15) is 14.3 Å². The minimum atomic E-state index is -0.712. The number of fused-ring (bicyclic) bond motifs is 1. The van der Waals surface area contributed by atoms with Crippen molar-refractivity contribution < 1.29 is 19.0 Å². The highest BCUT2D eigenvalue weighted by molar-refractivity contribution is 7.97. The van der Waals surface area contributed by atoms with Gasteiger partial charge in [-0.2, -0.15) is 11.8 Å². The van der Waals surface area contributed by atoms with E-state index in [-0.39, 0.29) is 18.1 Å². The van der Waals surface area contributed by atoms with E-state index < -0.39 is 12.1 Å². The third kappa shape index (κ3) is 3.73. The highest BCUT2D eigenvalue weighted by atomic mass is 32.2. The quantitative estimate of drug-likeness (QED) is 0.580. The molecule has 0 radical (unpaired) electrons. The lowest BCUT2D eigenvalue weighted by atomic mass is 9.98. The van der Waals surface area contributed by atoms with Gasteiger partial charge in [-0.25, -0.2) is 9.18 Å². The molecule has 0 aliphatic heterocycles. The topological polar surface area (TPSA) is 62.3 Å². The van der Waals surface area contributed by atoms with Gasteiger partial charge in [-0.1, -0.05) is 30.3 Å². The van der Waals surface area contributed by atoms with E-state index >= 15 is 0 Å². The molecule has 0 aliphatic rings. The molecule has 0 amide bonds. The number of aromatic amines is 1. The van der Waals surface area contributed by atoms with Crippen LogP contribution in [0.25, 0.3) is 22.0 Å². The van der Waals surface area contributed by atoms with Gasteiger partial charge in [-0.15, -0.1) is 0 Å². The maximum absolute atomic E-state index is 14.5. The number of nitrogens with one attached hydrogen (secondary N) is 1. The zero-order valence-corrected chi connectivity index (χ0v) is 16.3. The number of hydrogen-bond acceptors (Lipinski definition) is 4. The number of halogens is 1. The first-order valence-corrected chi connectivity index (χ1v) is 10.1. The summed E-state index contributed by atoms with van der Waals surface area (Å²) in [5.41, 5.74) is 3.38. The third-order valence-corrected chi connectivity index (χ3v) is 5.04. The van der Waals surface area contributed by atoms with Crippen molar-refractivity contribution in [1.82, 2.24) is 4.98 Å². The zero-order chi connectivity index (χ0) is 19.6. The molecule has 0 saturated heterocycles. The number of H-pyrrole nitrogens is 1. The maximum atomic E-state index is 14.5. The number of rotatable bonds is 6. The van der Waals surface area contributed by atoms with Crippen LogP contribution in [0.4, 0.5) is 4.39 Å². The number of carbonyl (C=O) groups is 1. The lowest BCUT2D eigenvalue weighted by Gasteiger charge is -2.08. The summed E-state index contributed by atoms with van der Waals surface area (Å²) in [7, 11) is 0. The molecule has 0 saturated carbocycles. The van der Waals surface area contributed by atoms with Crippen LogP contribution >= 0.6 is 11.8 Å². The van der Waals surface area contributed by atoms with Gasteiger partial charge in [-0.05, 0) is 37.3 Å². The van der Waals surface area contributed by atoms with Gasteiger partial charge in [-0.3, -0.25) is 0 Å². The molecule has 0 spiro atoms. The average Bonchev–Trinajstić information content (AvgIpc) is 3.03. The molecule has 27 heavy (non-hydrogen) atoms. The van der Waals surface area contributed by atoms with Crippen LogP contribution in [-0.4, -0.2) is 28.9 Å². The monoisotopic (exact) mass is 387 g/mol. The highest BCUT2D eigenvalue weighted by Gasteiger charge is 2.23. The Kier molecular flexibility index (Phi) is 5.87. The second-order valence-electron chi connectivity index (χ2n) is 6.28. The molecule has 1 heterocycles. The molecule has 1 atom stereocenters. The van der Waals surface area contributed by atoms with E-state index in [2.05, 4.69) is 4.98 Å². The van der Waals surface area contributed by atoms with Gasteiger partial charge < -0.3 is 14.8 Å². The van der Waals surface area contributed by atoms with Gasteiger partial charge in [0.2, 0.25) is 0 Å². The molecule has 2 N–H and O–H groups in total. The van der Waals surface area contributed by atoms with Gasteiger partial charge in [0.05, 0.1) is 18.2 Å². The molecule has 0 bridgehead atoms. The fourth-order valence-electron chi connectivity index (χ4n) is 3.22. The molecule has 6 heteroatoms. The largest absolute Gasteiger partial charge is 0.461 e. The number of ether oxygens (including phenoxy) is 1. The SMILES string of the molecule is CCOC(=O)c1[nH]c2c(C(C)O)cccc2c1-c1ccc(CSC)c(F)c1. The Labute approximate surface area is 161 Å². The Morgan fingerprint density at radius 1 is 1.33 bits per heavy atom. The van der Waals surface area contributed by atoms with Crippen LogP contribution in [0, 0.1) is 5.82 Å². The molecule has 0 fully saturated rings. The molecular weight excluding hydrogens is 365 g/mol. The summed E-state index contributed by atoms with van der Waals surface area (Å²) in [6, 6.07) is 10.5. The van der Waals surface area contributed by atoms with Crippen LogP contribution in [0.15, 0.2) is 36.4 Å².